The Hall–Kier alpha value is -1.43. The van der Waals surface area contributed by atoms with Crippen LogP contribution in [0, 0.1) is 5.92 Å². The maximum Gasteiger partial charge on any atom is 0.237 e. The summed E-state index contributed by atoms with van der Waals surface area (Å²) < 4.78 is 5.77. The van der Waals surface area contributed by atoms with E-state index in [1.54, 1.807) is 0 Å². The average Bonchev–Trinajstić information content (AvgIpc) is 2.52. The van der Waals surface area contributed by atoms with Gasteiger partial charge in [0, 0.05) is 26.2 Å². The number of hydrogen-bond donors (Lipinski definition) is 2. The zero-order chi connectivity index (χ0) is 17.7. The lowest BCUT2D eigenvalue weighted by atomic mass is 10.0. The van der Waals surface area contributed by atoms with E-state index in [1.165, 1.54) is 5.56 Å². The molecule has 1 aliphatic heterocycles. The standard InChI is InChI=1S/C19H31N3O2/c1-13(2)18(20)19(23)21-9-16-5-7-17(8-6-16)12-22-10-14(3)24-15(4)11-22/h5-8,13-15,18H,9-12,20H2,1-4H3,(H,21,23)/t14?,15?,18-/m0/s1. The van der Waals surface area contributed by atoms with Crippen molar-refractivity contribution in [2.45, 2.75) is 59.0 Å². The SMILES string of the molecule is CC1CN(Cc2ccc(CNC(=O)[C@@H](N)C(C)C)cc2)CC(C)O1. The van der Waals surface area contributed by atoms with Crippen LogP contribution in [-0.2, 0) is 22.6 Å². The third kappa shape index (κ3) is 5.58. The fourth-order valence-electron chi connectivity index (χ4n) is 3.04. The van der Waals surface area contributed by atoms with Crippen LogP contribution >= 0.6 is 0 Å². The van der Waals surface area contributed by atoms with Gasteiger partial charge in [-0.05, 0) is 30.9 Å². The highest BCUT2D eigenvalue weighted by atomic mass is 16.5. The van der Waals surface area contributed by atoms with Crippen LogP contribution in [0.4, 0.5) is 0 Å². The summed E-state index contributed by atoms with van der Waals surface area (Å²) in [6.07, 6.45) is 0.571. The topological polar surface area (TPSA) is 67.6 Å². The molecular formula is C19H31N3O2. The fourth-order valence-corrected chi connectivity index (χ4v) is 3.04. The molecule has 0 radical (unpaired) electrons. The predicted octanol–water partition coefficient (Wildman–Crippen LogP) is 1.90. The zero-order valence-corrected chi connectivity index (χ0v) is 15.3. The summed E-state index contributed by atoms with van der Waals surface area (Å²) in [5.74, 6) is 0.0519. The minimum absolute atomic E-state index is 0.0923. The molecule has 1 fully saturated rings. The number of nitrogens with one attached hydrogen (secondary N) is 1. The minimum atomic E-state index is -0.449. The van der Waals surface area contributed by atoms with Crippen LogP contribution in [0.2, 0.25) is 0 Å². The Morgan fingerprint density at radius 1 is 1.21 bits per heavy atom. The van der Waals surface area contributed by atoms with E-state index < -0.39 is 6.04 Å². The smallest absolute Gasteiger partial charge is 0.237 e. The van der Waals surface area contributed by atoms with Gasteiger partial charge in [0.15, 0.2) is 0 Å². The molecule has 1 aromatic carbocycles. The van der Waals surface area contributed by atoms with Gasteiger partial charge >= 0.3 is 0 Å². The summed E-state index contributed by atoms with van der Waals surface area (Å²) in [6.45, 7) is 11.5. The first-order chi connectivity index (χ1) is 11.3. The van der Waals surface area contributed by atoms with E-state index in [0.717, 1.165) is 25.2 Å². The van der Waals surface area contributed by atoms with Gasteiger partial charge < -0.3 is 15.8 Å². The van der Waals surface area contributed by atoms with Crippen LogP contribution in [0.3, 0.4) is 0 Å². The van der Waals surface area contributed by atoms with Gasteiger partial charge in [-0.15, -0.1) is 0 Å². The van der Waals surface area contributed by atoms with E-state index in [2.05, 4.69) is 48.3 Å². The molecule has 24 heavy (non-hydrogen) atoms. The van der Waals surface area contributed by atoms with Crippen molar-refractivity contribution in [3.8, 4) is 0 Å². The van der Waals surface area contributed by atoms with Gasteiger partial charge in [0.25, 0.3) is 0 Å². The molecule has 5 heteroatoms. The summed E-state index contributed by atoms with van der Waals surface area (Å²) in [6, 6.07) is 7.96. The van der Waals surface area contributed by atoms with E-state index in [1.807, 2.05) is 13.8 Å². The summed E-state index contributed by atoms with van der Waals surface area (Å²) >= 11 is 0. The predicted molar refractivity (Wildman–Crippen MR) is 96.4 cm³/mol. The third-order valence-corrected chi connectivity index (χ3v) is 4.41. The largest absolute Gasteiger partial charge is 0.373 e. The maximum atomic E-state index is 11.9. The molecular weight excluding hydrogens is 302 g/mol. The molecule has 0 saturated carbocycles. The third-order valence-electron chi connectivity index (χ3n) is 4.41. The second-order valence-corrected chi connectivity index (χ2v) is 7.26. The van der Waals surface area contributed by atoms with Crippen molar-refractivity contribution in [1.29, 1.82) is 0 Å². The quantitative estimate of drug-likeness (QED) is 0.834. The van der Waals surface area contributed by atoms with E-state index in [0.29, 0.717) is 6.54 Å². The van der Waals surface area contributed by atoms with Gasteiger partial charge in [-0.2, -0.15) is 0 Å². The van der Waals surface area contributed by atoms with Gasteiger partial charge in [-0.1, -0.05) is 38.1 Å². The molecule has 1 aromatic rings. The van der Waals surface area contributed by atoms with E-state index >= 15 is 0 Å². The lowest BCUT2D eigenvalue weighted by Crippen LogP contribution is -2.44. The molecule has 0 spiro atoms. The molecule has 2 rings (SSSR count). The molecule has 3 N–H and O–H groups in total. The zero-order valence-electron chi connectivity index (χ0n) is 15.3. The molecule has 1 heterocycles. The van der Waals surface area contributed by atoms with Crippen LogP contribution < -0.4 is 11.1 Å². The molecule has 0 bridgehead atoms. The highest BCUT2D eigenvalue weighted by Crippen LogP contribution is 2.14. The second kappa shape index (κ2) is 8.60. The van der Waals surface area contributed by atoms with E-state index in [-0.39, 0.29) is 24.0 Å². The molecule has 1 aliphatic rings. The average molecular weight is 333 g/mol. The molecule has 3 atom stereocenters. The molecule has 0 aliphatic carbocycles. The minimum Gasteiger partial charge on any atom is -0.373 e. The molecule has 1 saturated heterocycles. The van der Waals surface area contributed by atoms with Gasteiger partial charge in [0.2, 0.25) is 5.91 Å². The molecule has 1 amide bonds. The maximum absolute atomic E-state index is 11.9. The summed E-state index contributed by atoms with van der Waals surface area (Å²) in [5, 5.41) is 2.90. The normalized spacial score (nSPS) is 23.2. The first kappa shape index (κ1) is 18.9. The highest BCUT2D eigenvalue weighted by molar-refractivity contribution is 5.81. The van der Waals surface area contributed by atoms with Crippen molar-refractivity contribution < 1.29 is 9.53 Å². The summed E-state index contributed by atoms with van der Waals surface area (Å²) in [7, 11) is 0. The first-order valence-corrected chi connectivity index (χ1v) is 8.84. The number of nitrogens with zero attached hydrogens (tertiary/aromatic N) is 1. The Morgan fingerprint density at radius 2 is 1.75 bits per heavy atom. The number of carbonyl (C=O) groups excluding carboxylic acids is 1. The van der Waals surface area contributed by atoms with Gasteiger partial charge in [0.05, 0.1) is 18.2 Å². The number of rotatable bonds is 6. The van der Waals surface area contributed by atoms with Crippen LogP contribution in [0.5, 0.6) is 0 Å². The van der Waals surface area contributed by atoms with E-state index in [9.17, 15) is 4.79 Å². The number of nitrogens with two attached hydrogens (primary N) is 1. The van der Waals surface area contributed by atoms with Crippen molar-refractivity contribution in [1.82, 2.24) is 10.2 Å². The Bertz CT molecular complexity index is 520. The lowest BCUT2D eigenvalue weighted by molar-refractivity contribution is -0.123. The van der Waals surface area contributed by atoms with Crippen molar-refractivity contribution in [2.24, 2.45) is 11.7 Å². The lowest BCUT2D eigenvalue weighted by Gasteiger charge is -2.35. The van der Waals surface area contributed by atoms with Gasteiger partial charge in [0.1, 0.15) is 0 Å². The van der Waals surface area contributed by atoms with Gasteiger partial charge in [-0.3, -0.25) is 9.69 Å². The second-order valence-electron chi connectivity index (χ2n) is 7.26. The number of hydrogen-bond acceptors (Lipinski definition) is 4. The highest BCUT2D eigenvalue weighted by Gasteiger charge is 2.22. The number of carbonyl (C=O) groups is 1. The Balaban J connectivity index is 1.83. The van der Waals surface area contributed by atoms with Crippen molar-refractivity contribution in [3.63, 3.8) is 0 Å². The Kier molecular flexibility index (Phi) is 6.78. The van der Waals surface area contributed by atoms with Crippen molar-refractivity contribution in [2.75, 3.05) is 13.1 Å². The molecule has 0 aromatic heterocycles. The van der Waals surface area contributed by atoms with Crippen LogP contribution in [0.25, 0.3) is 0 Å². The van der Waals surface area contributed by atoms with Crippen molar-refractivity contribution in [3.05, 3.63) is 35.4 Å². The summed E-state index contributed by atoms with van der Waals surface area (Å²) in [4.78, 5) is 14.3. The molecule has 2 unspecified atom stereocenters. The monoisotopic (exact) mass is 333 g/mol. The summed E-state index contributed by atoms with van der Waals surface area (Å²) in [5.41, 5.74) is 8.22. The Morgan fingerprint density at radius 3 is 2.29 bits per heavy atom. The number of morpholine rings is 1. The molecule has 134 valence electrons. The Labute approximate surface area is 145 Å². The number of amides is 1. The number of ether oxygens (including phenoxy) is 1. The van der Waals surface area contributed by atoms with Crippen LogP contribution in [0.15, 0.2) is 24.3 Å². The van der Waals surface area contributed by atoms with Crippen LogP contribution in [0.1, 0.15) is 38.8 Å². The van der Waals surface area contributed by atoms with Gasteiger partial charge in [-0.25, -0.2) is 0 Å². The van der Waals surface area contributed by atoms with Crippen LogP contribution in [-0.4, -0.2) is 42.1 Å². The fraction of sp³-hybridized carbons (Fsp3) is 0.632. The molecule has 5 nitrogen and oxygen atoms in total. The number of benzene rings is 1. The van der Waals surface area contributed by atoms with E-state index in [4.69, 9.17) is 10.5 Å². The van der Waals surface area contributed by atoms with Crippen molar-refractivity contribution >= 4 is 5.91 Å². The first-order valence-electron chi connectivity index (χ1n) is 8.84.